The average Bonchev–Trinajstić information content (AvgIpc) is 3.56. The average molecular weight is 695 g/mol. The Kier molecular flexibility index (Phi) is 16.8. The predicted octanol–water partition coefficient (Wildman–Crippen LogP) is 9.51. The van der Waals surface area contributed by atoms with Crippen LogP contribution in [0.1, 0.15) is 116 Å². The number of aliphatic imine (C=N–C) groups is 1. The normalized spacial score (nSPS) is 16.1. The van der Waals surface area contributed by atoms with Gasteiger partial charge in [0, 0.05) is 0 Å². The van der Waals surface area contributed by atoms with Crippen molar-refractivity contribution in [3.05, 3.63) is 76.4 Å². The molecule has 1 fully saturated rings. The second-order valence-corrected chi connectivity index (χ2v) is 13.1. The van der Waals surface area contributed by atoms with Crippen molar-refractivity contribution < 1.29 is 27.4 Å². The molecule has 0 saturated carbocycles. The quantitative estimate of drug-likeness (QED) is 0.128. The fourth-order valence-corrected chi connectivity index (χ4v) is 5.84. The molecule has 11 heteroatoms. The molecule has 2 aromatic carbocycles. The zero-order chi connectivity index (χ0) is 37.5. The van der Waals surface area contributed by atoms with Crippen LogP contribution in [0.3, 0.4) is 0 Å². The van der Waals surface area contributed by atoms with E-state index in [-0.39, 0.29) is 29.7 Å². The third-order valence-electron chi connectivity index (χ3n) is 8.35. The number of nitriles is 1. The van der Waals surface area contributed by atoms with E-state index < -0.39 is 23.4 Å². The molecule has 272 valence electrons. The molecule has 0 aromatic heterocycles. The van der Waals surface area contributed by atoms with Gasteiger partial charge in [0.2, 0.25) is 0 Å². The van der Waals surface area contributed by atoms with Crippen LogP contribution in [0.15, 0.2) is 53.5 Å². The molecule has 0 bridgehead atoms. The van der Waals surface area contributed by atoms with Crippen LogP contribution < -0.4 is 5.32 Å². The third-order valence-corrected chi connectivity index (χ3v) is 8.35. The van der Waals surface area contributed by atoms with Crippen LogP contribution in [-0.4, -0.2) is 47.7 Å². The minimum absolute atomic E-state index is 0.0321. The Bertz CT molecular complexity index is 1520. The summed E-state index contributed by atoms with van der Waals surface area (Å²) < 4.78 is 53.7. The van der Waals surface area contributed by atoms with Crippen molar-refractivity contribution in [3.63, 3.8) is 0 Å². The minimum atomic E-state index is -4.53. The number of nitrogens with one attached hydrogen (secondary N) is 1. The van der Waals surface area contributed by atoms with Gasteiger partial charge in [-0.25, -0.2) is 0 Å². The molecule has 50 heavy (non-hydrogen) atoms. The zero-order valence-electron chi connectivity index (χ0n) is 31.2. The SMILES string of the molecule is C/C=C(\N=C(C(C)CC)C1CCCN1C(=BOC#N)NC(=O)OC(C)(C)C)c1ccc(CCc2ccc(CCC)cc2)c(C(F)(F)F)c1.CC. The number of halogens is 3. The van der Waals surface area contributed by atoms with Crippen molar-refractivity contribution in [2.45, 2.75) is 125 Å². The Hall–Kier alpha value is -4.07. The molecule has 1 heterocycles. The summed E-state index contributed by atoms with van der Waals surface area (Å²) in [6.45, 7) is 17.7. The molecule has 3 rings (SSSR count). The van der Waals surface area contributed by atoms with Gasteiger partial charge in [0.25, 0.3) is 0 Å². The number of aryl methyl sites for hydroxylation is 3. The number of ether oxygens (including phenoxy) is 1. The molecular weight excluding hydrogens is 640 g/mol. The number of alkyl halides is 3. The van der Waals surface area contributed by atoms with Crippen LogP contribution in [0.2, 0.25) is 0 Å². The Morgan fingerprint density at radius 3 is 2.28 bits per heavy atom. The summed E-state index contributed by atoms with van der Waals surface area (Å²) >= 11 is 0. The van der Waals surface area contributed by atoms with Crippen LogP contribution in [-0.2, 0) is 34.8 Å². The first-order valence-corrected chi connectivity index (χ1v) is 17.7. The van der Waals surface area contributed by atoms with Crippen molar-refractivity contribution in [1.29, 1.82) is 5.26 Å². The molecule has 1 aliphatic heterocycles. The first-order chi connectivity index (χ1) is 23.7. The zero-order valence-corrected chi connectivity index (χ0v) is 31.2. The van der Waals surface area contributed by atoms with E-state index in [9.17, 15) is 18.0 Å². The first-order valence-electron chi connectivity index (χ1n) is 17.7. The standard InChI is InChI=1S/C37H48BF3N4O3.C2H6/c1-8-12-26-14-16-27(17-15-26)18-19-28-20-21-29(23-30(28)37(39,40)41)31(10-3)43-33(25(4)9-2)32-13-11-22-45(32)34(38-47-24-42)44-35(46)48-36(5,6)7;1-2/h10,14-17,20-21,23,25,32H,8-9,11-13,18-19,22H2,1-7H3,(H,44,46);1-2H3/b31-10-,43-33?;. The van der Waals surface area contributed by atoms with Crippen molar-refractivity contribution in [1.82, 2.24) is 10.2 Å². The van der Waals surface area contributed by atoms with Gasteiger partial charge in [0.05, 0.1) is 0 Å². The second kappa shape index (κ2) is 20.0. The number of amides is 1. The molecule has 7 nitrogen and oxygen atoms in total. The molecule has 1 N–H and O–H groups in total. The molecule has 1 saturated heterocycles. The van der Waals surface area contributed by atoms with Crippen LogP contribution in [0, 0.1) is 17.4 Å². The maximum Gasteiger partial charge on any atom is -0.0683 e. The van der Waals surface area contributed by atoms with Crippen molar-refractivity contribution in [2.75, 3.05) is 6.54 Å². The maximum absolute atomic E-state index is 14.5. The largest absolute Gasteiger partial charge is 0.0683 e. The van der Waals surface area contributed by atoms with E-state index in [0.717, 1.165) is 37.0 Å². The number of carbonyl (C=O) groups is 1. The van der Waals surface area contributed by atoms with E-state index >= 15 is 0 Å². The van der Waals surface area contributed by atoms with E-state index in [0.29, 0.717) is 30.6 Å². The van der Waals surface area contributed by atoms with Crippen LogP contribution in [0.5, 0.6) is 0 Å². The van der Waals surface area contributed by atoms with Gasteiger partial charge < -0.3 is 0 Å². The van der Waals surface area contributed by atoms with Crippen molar-refractivity contribution in [2.24, 2.45) is 10.9 Å². The summed E-state index contributed by atoms with van der Waals surface area (Å²) in [5.41, 5.74) is 2.87. The summed E-state index contributed by atoms with van der Waals surface area (Å²) in [5.74, 6) is -0.0321. The van der Waals surface area contributed by atoms with Gasteiger partial charge in [-0.2, -0.15) is 0 Å². The van der Waals surface area contributed by atoms with E-state index in [1.807, 2.05) is 56.9 Å². The molecule has 0 radical (unpaired) electrons. The van der Waals surface area contributed by atoms with Gasteiger partial charge in [0.1, 0.15) is 0 Å². The topological polar surface area (TPSA) is 87.0 Å². The number of alkyl carbamates (subject to hydrolysis) is 1. The fraction of sp³-hybridized carbons (Fsp3) is 0.538. The van der Waals surface area contributed by atoms with E-state index in [2.05, 4.69) is 12.2 Å². The van der Waals surface area contributed by atoms with Gasteiger partial charge in [-0.05, 0) is 17.5 Å². The van der Waals surface area contributed by atoms with Gasteiger partial charge in [-0.3, -0.25) is 0 Å². The molecule has 0 aliphatic carbocycles. The minimum Gasteiger partial charge on any atom is -0.0683 e. The number of hydrogen-bond donors (Lipinski definition) is 1. The van der Waals surface area contributed by atoms with E-state index in [4.69, 9.17) is 19.6 Å². The fourth-order valence-electron chi connectivity index (χ4n) is 5.84. The Morgan fingerprint density at radius 1 is 1.10 bits per heavy atom. The molecular formula is C39H54BF3N4O3. The van der Waals surface area contributed by atoms with Gasteiger partial charge in [0.15, 0.2) is 0 Å². The summed E-state index contributed by atoms with van der Waals surface area (Å²) in [4.78, 5) is 19.6. The third kappa shape index (κ3) is 12.7. The molecule has 1 aliphatic rings. The maximum atomic E-state index is 14.5. The van der Waals surface area contributed by atoms with E-state index in [1.165, 1.54) is 18.8 Å². The van der Waals surface area contributed by atoms with Gasteiger partial charge >= 0.3 is 229 Å². The van der Waals surface area contributed by atoms with Crippen molar-refractivity contribution >= 4 is 30.3 Å². The van der Waals surface area contributed by atoms with Crippen LogP contribution in [0.4, 0.5) is 18.0 Å². The monoisotopic (exact) mass is 694 g/mol. The predicted molar refractivity (Wildman–Crippen MR) is 198 cm³/mol. The van der Waals surface area contributed by atoms with E-state index in [1.54, 1.807) is 52.2 Å². The molecule has 1 amide bonds. The summed E-state index contributed by atoms with van der Waals surface area (Å²) in [6, 6.07) is 12.3. The number of rotatable bonds is 13. The number of likely N-dealkylation sites (tertiary alicyclic amines) is 1. The van der Waals surface area contributed by atoms with Crippen molar-refractivity contribution in [3.8, 4) is 6.26 Å². The molecule has 0 spiro atoms. The Labute approximate surface area is 297 Å². The van der Waals surface area contributed by atoms with Gasteiger partial charge in [-0.1, -0.05) is 51.5 Å². The number of benzene rings is 2. The summed E-state index contributed by atoms with van der Waals surface area (Å²) in [7, 11) is 1.17. The number of nitrogens with zero attached hydrogens (tertiary/aromatic N) is 3. The van der Waals surface area contributed by atoms with Crippen LogP contribution in [0.25, 0.3) is 5.70 Å². The summed E-state index contributed by atoms with van der Waals surface area (Å²) in [6.07, 6.45) is 3.06. The number of allylic oxidation sites excluding steroid dienone is 1. The smallest absolute Gasteiger partial charge is 0.0683 e. The Morgan fingerprint density at radius 2 is 1.74 bits per heavy atom. The number of carbonyl (C=O) groups excluding carboxylic acids is 1. The number of hydrogen-bond acceptors (Lipinski definition) is 6. The molecule has 2 unspecified atom stereocenters. The first kappa shape index (κ1) is 42.1. The molecule has 2 atom stereocenters. The second-order valence-electron chi connectivity index (χ2n) is 13.1. The summed E-state index contributed by atoms with van der Waals surface area (Å²) in [5, 5.41) is 11.8. The van der Waals surface area contributed by atoms with Crippen LogP contribution >= 0.6 is 0 Å². The Balaban J connectivity index is 0.00000425. The molecule has 2 aromatic rings. The van der Waals surface area contributed by atoms with Gasteiger partial charge in [-0.15, -0.1) is 0 Å².